The van der Waals surface area contributed by atoms with E-state index in [-0.39, 0.29) is 11.9 Å². The number of piperazine rings is 1. The average molecular weight is 270 g/mol. The molecule has 0 radical (unpaired) electrons. The molecule has 5 nitrogen and oxygen atoms in total. The van der Waals surface area contributed by atoms with Crippen LogP contribution in [0.3, 0.4) is 0 Å². The molecule has 0 aromatic rings. The van der Waals surface area contributed by atoms with E-state index in [0.29, 0.717) is 13.0 Å². The van der Waals surface area contributed by atoms with Gasteiger partial charge in [0.05, 0.1) is 0 Å². The van der Waals surface area contributed by atoms with E-state index >= 15 is 0 Å². The third-order valence-electron chi connectivity index (χ3n) is 3.73. The van der Waals surface area contributed by atoms with Gasteiger partial charge in [0.25, 0.3) is 0 Å². The van der Waals surface area contributed by atoms with Crippen LogP contribution in [0.15, 0.2) is 0 Å². The second-order valence-electron chi connectivity index (χ2n) is 5.32. The van der Waals surface area contributed by atoms with E-state index in [2.05, 4.69) is 29.0 Å². The summed E-state index contributed by atoms with van der Waals surface area (Å²) >= 11 is 0. The van der Waals surface area contributed by atoms with Crippen LogP contribution in [0.25, 0.3) is 0 Å². The first-order chi connectivity index (χ1) is 9.21. The first-order valence-corrected chi connectivity index (χ1v) is 7.64. The van der Waals surface area contributed by atoms with E-state index in [4.69, 9.17) is 5.73 Å². The van der Waals surface area contributed by atoms with Crippen molar-refractivity contribution in [2.45, 2.75) is 39.2 Å². The van der Waals surface area contributed by atoms with Gasteiger partial charge in [-0.3, -0.25) is 9.69 Å². The van der Waals surface area contributed by atoms with Crippen LogP contribution in [0, 0.1) is 0 Å². The summed E-state index contributed by atoms with van der Waals surface area (Å²) in [5, 5.41) is 2.93. The normalized spacial score (nSPS) is 19.3. The molecule has 0 saturated carbocycles. The Labute approximate surface area is 117 Å². The highest BCUT2D eigenvalue weighted by molar-refractivity contribution is 5.76. The number of nitrogens with two attached hydrogens (primary N) is 1. The Kier molecular flexibility index (Phi) is 8.02. The van der Waals surface area contributed by atoms with Crippen molar-refractivity contribution in [3.05, 3.63) is 0 Å². The number of amides is 1. The lowest BCUT2D eigenvalue weighted by molar-refractivity contribution is -0.122. The Morgan fingerprint density at radius 3 is 2.42 bits per heavy atom. The second-order valence-corrected chi connectivity index (χ2v) is 5.32. The number of nitrogens with one attached hydrogen (secondary N) is 1. The molecule has 1 heterocycles. The van der Waals surface area contributed by atoms with Crippen molar-refractivity contribution in [3.8, 4) is 0 Å². The highest BCUT2D eigenvalue weighted by atomic mass is 16.1. The van der Waals surface area contributed by atoms with Gasteiger partial charge in [0.2, 0.25) is 5.91 Å². The van der Waals surface area contributed by atoms with Crippen molar-refractivity contribution >= 4 is 5.91 Å². The monoisotopic (exact) mass is 270 g/mol. The second kappa shape index (κ2) is 9.28. The van der Waals surface area contributed by atoms with E-state index in [1.165, 1.54) is 13.0 Å². The quantitative estimate of drug-likeness (QED) is 0.664. The van der Waals surface area contributed by atoms with Gasteiger partial charge in [0, 0.05) is 51.7 Å². The minimum atomic E-state index is 0.133. The molecule has 1 amide bonds. The first kappa shape index (κ1) is 16.4. The summed E-state index contributed by atoms with van der Waals surface area (Å²) in [6, 6.07) is 0.195. The zero-order valence-corrected chi connectivity index (χ0v) is 12.5. The van der Waals surface area contributed by atoms with Crippen molar-refractivity contribution in [2.75, 3.05) is 45.8 Å². The molecule has 0 aliphatic carbocycles. The minimum absolute atomic E-state index is 0.133. The Balaban J connectivity index is 2.33. The van der Waals surface area contributed by atoms with Crippen LogP contribution in [-0.4, -0.2) is 67.6 Å². The summed E-state index contributed by atoms with van der Waals surface area (Å²) < 4.78 is 0. The first-order valence-electron chi connectivity index (χ1n) is 7.64. The molecule has 5 heteroatoms. The van der Waals surface area contributed by atoms with Gasteiger partial charge >= 0.3 is 0 Å². The van der Waals surface area contributed by atoms with Gasteiger partial charge < -0.3 is 16.0 Å². The maximum Gasteiger partial charge on any atom is 0.221 e. The summed E-state index contributed by atoms with van der Waals surface area (Å²) in [5.74, 6) is 0.133. The van der Waals surface area contributed by atoms with Crippen LogP contribution in [0.2, 0.25) is 0 Å². The fourth-order valence-corrected chi connectivity index (χ4v) is 2.58. The molecule has 0 spiro atoms. The molecule has 19 heavy (non-hydrogen) atoms. The molecule has 112 valence electrons. The molecule has 0 aromatic heterocycles. The highest BCUT2D eigenvalue weighted by Crippen LogP contribution is 2.09. The maximum absolute atomic E-state index is 11.8. The Hall–Kier alpha value is -0.650. The topological polar surface area (TPSA) is 61.6 Å². The third-order valence-corrected chi connectivity index (χ3v) is 3.73. The molecule has 1 saturated heterocycles. The van der Waals surface area contributed by atoms with Crippen LogP contribution in [0.4, 0.5) is 0 Å². The lowest BCUT2D eigenvalue weighted by Crippen LogP contribution is -2.53. The van der Waals surface area contributed by atoms with E-state index in [0.717, 1.165) is 39.1 Å². The number of nitrogens with zero attached hydrogens (tertiary/aromatic N) is 2. The smallest absolute Gasteiger partial charge is 0.221 e. The number of hydrogen-bond donors (Lipinski definition) is 2. The fourth-order valence-electron chi connectivity index (χ4n) is 2.58. The van der Waals surface area contributed by atoms with Crippen LogP contribution in [0.1, 0.15) is 33.1 Å². The fraction of sp³-hybridized carbons (Fsp3) is 0.929. The molecule has 0 bridgehead atoms. The summed E-state index contributed by atoms with van der Waals surface area (Å²) in [7, 11) is 0. The van der Waals surface area contributed by atoms with Gasteiger partial charge in [-0.05, 0) is 19.4 Å². The van der Waals surface area contributed by atoms with Crippen molar-refractivity contribution < 1.29 is 4.79 Å². The number of carbonyl (C=O) groups excluding carboxylic acids is 1. The van der Waals surface area contributed by atoms with Gasteiger partial charge in [-0.15, -0.1) is 0 Å². The summed E-state index contributed by atoms with van der Waals surface area (Å²) in [4.78, 5) is 16.6. The van der Waals surface area contributed by atoms with Gasteiger partial charge in [-0.2, -0.15) is 0 Å². The summed E-state index contributed by atoms with van der Waals surface area (Å²) in [6.07, 6.45) is 2.72. The number of hydrogen-bond acceptors (Lipinski definition) is 4. The molecular weight excluding hydrogens is 240 g/mol. The van der Waals surface area contributed by atoms with Crippen molar-refractivity contribution in [3.63, 3.8) is 0 Å². The Morgan fingerprint density at radius 2 is 1.89 bits per heavy atom. The number of carbonyl (C=O) groups is 1. The van der Waals surface area contributed by atoms with Crippen LogP contribution in [-0.2, 0) is 4.79 Å². The minimum Gasteiger partial charge on any atom is -0.356 e. The van der Waals surface area contributed by atoms with Crippen molar-refractivity contribution in [2.24, 2.45) is 5.73 Å². The van der Waals surface area contributed by atoms with Crippen LogP contribution in [0.5, 0.6) is 0 Å². The molecule has 3 N–H and O–H groups in total. The zero-order chi connectivity index (χ0) is 14.1. The maximum atomic E-state index is 11.8. The van der Waals surface area contributed by atoms with Gasteiger partial charge in [-0.1, -0.05) is 13.8 Å². The third kappa shape index (κ3) is 5.89. The lowest BCUT2D eigenvalue weighted by atomic mass is 10.1. The van der Waals surface area contributed by atoms with E-state index in [1.54, 1.807) is 0 Å². The predicted octanol–water partition coefficient (Wildman–Crippen LogP) is 0.258. The molecular formula is C14H30N4O. The summed E-state index contributed by atoms with van der Waals surface area (Å²) in [6.45, 7) is 11.0. The Bertz CT molecular complexity index is 252. The molecule has 1 atom stereocenters. The lowest BCUT2D eigenvalue weighted by Gasteiger charge is -2.38. The molecule has 1 aliphatic rings. The summed E-state index contributed by atoms with van der Waals surface area (Å²) in [5.41, 5.74) is 5.84. The van der Waals surface area contributed by atoms with Crippen LogP contribution >= 0.6 is 0 Å². The SMILES string of the molecule is CCCNC(=O)CC(CN)N1CCN(CCC)CC1. The van der Waals surface area contributed by atoms with E-state index < -0.39 is 0 Å². The molecule has 0 aromatic carbocycles. The van der Waals surface area contributed by atoms with E-state index in [9.17, 15) is 4.79 Å². The molecule has 1 rings (SSSR count). The van der Waals surface area contributed by atoms with Gasteiger partial charge in [0.1, 0.15) is 0 Å². The van der Waals surface area contributed by atoms with Gasteiger partial charge in [-0.25, -0.2) is 0 Å². The largest absolute Gasteiger partial charge is 0.356 e. The molecule has 1 fully saturated rings. The molecule has 1 aliphatic heterocycles. The highest BCUT2D eigenvalue weighted by Gasteiger charge is 2.24. The van der Waals surface area contributed by atoms with Gasteiger partial charge in [0.15, 0.2) is 0 Å². The van der Waals surface area contributed by atoms with Crippen molar-refractivity contribution in [1.29, 1.82) is 0 Å². The van der Waals surface area contributed by atoms with Crippen LogP contribution < -0.4 is 11.1 Å². The molecule has 1 unspecified atom stereocenters. The Morgan fingerprint density at radius 1 is 1.21 bits per heavy atom. The van der Waals surface area contributed by atoms with E-state index in [1.807, 2.05) is 0 Å². The standard InChI is InChI=1S/C14H30N4O/c1-3-5-16-14(19)11-13(12-15)18-9-7-17(6-4-2)8-10-18/h13H,3-12,15H2,1-2H3,(H,16,19). The number of rotatable bonds is 8. The predicted molar refractivity (Wildman–Crippen MR) is 79.1 cm³/mol. The van der Waals surface area contributed by atoms with Crippen molar-refractivity contribution in [1.82, 2.24) is 15.1 Å². The zero-order valence-electron chi connectivity index (χ0n) is 12.5. The average Bonchev–Trinajstić information content (AvgIpc) is 2.44.